The molecule has 1 rings (SSSR count). The van der Waals surface area contributed by atoms with Gasteiger partial charge in [-0.3, -0.25) is 23.4 Å². The second-order valence-electron chi connectivity index (χ2n) is 12.5. The number of aldehydes is 1. The largest absolute Gasteiger partial charge is 0.472 e. The molecule has 1 aliphatic rings. The first-order chi connectivity index (χ1) is 23.8. The Kier molecular flexibility index (Phi) is 24.5. The number of allylic oxidation sites excluding steroid dienone is 3. The molecular weight excluding hydrogens is 679 g/mol. The van der Waals surface area contributed by atoms with Crippen molar-refractivity contribution in [2.45, 2.75) is 158 Å². The van der Waals surface area contributed by atoms with Crippen molar-refractivity contribution in [1.82, 2.24) is 0 Å². The van der Waals surface area contributed by atoms with Crippen LogP contribution in [-0.2, 0) is 37.5 Å². The van der Waals surface area contributed by atoms with E-state index in [2.05, 4.69) is 19.1 Å². The van der Waals surface area contributed by atoms with E-state index in [0.29, 0.717) is 12.7 Å². The Balaban J connectivity index is 2.53. The molecule has 0 heterocycles. The van der Waals surface area contributed by atoms with E-state index in [1.54, 1.807) is 0 Å². The minimum absolute atomic E-state index is 0.0878. The van der Waals surface area contributed by atoms with Crippen LogP contribution in [-0.4, -0.2) is 116 Å². The van der Waals surface area contributed by atoms with Crippen molar-refractivity contribution in [3.8, 4) is 0 Å². The number of rotatable bonds is 28. The lowest BCUT2D eigenvalue weighted by Gasteiger charge is -2.41. The molecule has 16 heteroatoms. The van der Waals surface area contributed by atoms with E-state index in [1.807, 2.05) is 0 Å². The standard InChI is InChI=1S/C34H59O15P/c1-2-3-4-5-6-7-8-9-10-11-12-13-14-15-16-19-27(37)46-23-26(48-28(38)21-20-25(36)18-17-22-35)24-47-50(44,45)49-34-32(42)30(40)29(39)31(41)33(34)43/h9-10,17-18,22,25-26,29-34,36,39-43H,2-8,11-16,19-21,23-24H2,1H3,(H,44,45)/b10-9-,18-17+/t25?,26-,29?,30-,31?,32?,33?,34?/m1/s1. The SMILES string of the molecule is CCCCCCCC/C=C\CCCCCCCC(=O)OC[C@H](COP(=O)(O)OC1C(O)C(O)C(O)[C@@H](O)C1O)OC(=O)CCC(O)/C=C/C=O. The minimum atomic E-state index is -5.19. The number of carbonyl (C=O) groups excluding carboxylic acids is 3. The van der Waals surface area contributed by atoms with Gasteiger partial charge in [0.05, 0.1) is 12.7 Å². The maximum Gasteiger partial charge on any atom is 0.472 e. The lowest BCUT2D eigenvalue weighted by molar-refractivity contribution is -0.220. The van der Waals surface area contributed by atoms with Crippen LogP contribution in [0.4, 0.5) is 0 Å². The number of carbonyl (C=O) groups is 3. The Labute approximate surface area is 294 Å². The quantitative estimate of drug-likeness (QED) is 0.0152. The normalized spacial score (nSPS) is 25.0. The molecule has 0 aromatic rings. The molecule has 0 aromatic carbocycles. The molecule has 7 N–H and O–H groups in total. The van der Waals surface area contributed by atoms with Crippen LogP contribution in [0.2, 0.25) is 0 Å². The van der Waals surface area contributed by atoms with Crippen LogP contribution in [0, 0.1) is 0 Å². The molecule has 0 radical (unpaired) electrons. The van der Waals surface area contributed by atoms with E-state index in [9.17, 15) is 54.5 Å². The minimum Gasteiger partial charge on any atom is -0.462 e. The van der Waals surface area contributed by atoms with Crippen LogP contribution in [0.5, 0.6) is 0 Å². The highest BCUT2D eigenvalue weighted by Gasteiger charge is 2.51. The summed E-state index contributed by atoms with van der Waals surface area (Å²) in [6.07, 6.45) is 6.26. The van der Waals surface area contributed by atoms with Crippen molar-refractivity contribution < 1.29 is 73.0 Å². The summed E-state index contributed by atoms with van der Waals surface area (Å²) in [6.45, 7) is 0.785. The zero-order valence-corrected chi connectivity index (χ0v) is 30.0. The molecule has 0 saturated heterocycles. The topological polar surface area (TPSA) is 247 Å². The molecular formula is C34H59O15P. The number of aliphatic hydroxyl groups is 6. The van der Waals surface area contributed by atoms with Gasteiger partial charge in [0.2, 0.25) is 0 Å². The van der Waals surface area contributed by atoms with Crippen LogP contribution in [0.3, 0.4) is 0 Å². The monoisotopic (exact) mass is 738 g/mol. The smallest absolute Gasteiger partial charge is 0.462 e. The molecule has 7 unspecified atom stereocenters. The average Bonchev–Trinajstić information content (AvgIpc) is 3.09. The molecule has 0 bridgehead atoms. The van der Waals surface area contributed by atoms with Crippen LogP contribution in [0.25, 0.3) is 0 Å². The summed E-state index contributed by atoms with van der Waals surface area (Å²) in [4.78, 5) is 45.4. The van der Waals surface area contributed by atoms with Gasteiger partial charge in [0.15, 0.2) is 6.10 Å². The van der Waals surface area contributed by atoms with E-state index in [4.69, 9.17) is 18.5 Å². The van der Waals surface area contributed by atoms with Crippen LogP contribution in [0.1, 0.15) is 110 Å². The third kappa shape index (κ3) is 20.1. The molecule has 0 spiro atoms. The fourth-order valence-electron chi connectivity index (χ4n) is 5.18. The summed E-state index contributed by atoms with van der Waals surface area (Å²) >= 11 is 0. The first-order valence-electron chi connectivity index (χ1n) is 17.7. The Bertz CT molecular complexity index is 1040. The average molecular weight is 739 g/mol. The fraction of sp³-hybridized carbons (Fsp3) is 0.794. The predicted octanol–water partition coefficient (Wildman–Crippen LogP) is 2.70. The molecule has 0 aromatic heterocycles. The van der Waals surface area contributed by atoms with Gasteiger partial charge in [0.1, 0.15) is 49.5 Å². The number of unbranched alkanes of at least 4 members (excludes halogenated alkanes) is 11. The molecule has 50 heavy (non-hydrogen) atoms. The first kappa shape index (κ1) is 46.0. The van der Waals surface area contributed by atoms with E-state index in [-0.39, 0.29) is 19.3 Å². The van der Waals surface area contributed by atoms with Crippen molar-refractivity contribution >= 4 is 26.0 Å². The maximum atomic E-state index is 12.6. The number of aliphatic hydroxyl groups excluding tert-OH is 6. The van der Waals surface area contributed by atoms with Gasteiger partial charge in [-0.05, 0) is 44.6 Å². The summed E-state index contributed by atoms with van der Waals surface area (Å²) in [5, 5.41) is 59.4. The van der Waals surface area contributed by atoms with Crippen molar-refractivity contribution in [2.75, 3.05) is 13.2 Å². The zero-order valence-electron chi connectivity index (χ0n) is 29.1. The van der Waals surface area contributed by atoms with Gasteiger partial charge in [-0.15, -0.1) is 0 Å². The molecule has 0 aliphatic heterocycles. The number of hydrogen-bond acceptors (Lipinski definition) is 14. The molecule has 15 nitrogen and oxygen atoms in total. The Hall–Kier alpha value is -2.04. The molecule has 9 atom stereocenters. The Morgan fingerprint density at radius 1 is 0.740 bits per heavy atom. The zero-order chi connectivity index (χ0) is 37.4. The maximum absolute atomic E-state index is 12.6. The Morgan fingerprint density at radius 2 is 1.28 bits per heavy atom. The molecule has 1 saturated carbocycles. The van der Waals surface area contributed by atoms with Crippen LogP contribution < -0.4 is 0 Å². The highest BCUT2D eigenvalue weighted by atomic mass is 31.2. The number of hydrogen-bond donors (Lipinski definition) is 7. The molecule has 0 amide bonds. The summed E-state index contributed by atoms with van der Waals surface area (Å²) in [5.41, 5.74) is 0. The molecule has 290 valence electrons. The lowest BCUT2D eigenvalue weighted by atomic mass is 9.85. The van der Waals surface area contributed by atoms with Crippen LogP contribution in [0.15, 0.2) is 24.3 Å². The number of esters is 2. The third-order valence-corrected chi connectivity index (χ3v) is 9.16. The van der Waals surface area contributed by atoms with E-state index >= 15 is 0 Å². The summed E-state index contributed by atoms with van der Waals surface area (Å²) in [5.74, 6) is -1.49. The number of ether oxygens (including phenoxy) is 2. The van der Waals surface area contributed by atoms with Gasteiger partial charge in [-0.2, -0.15) is 0 Å². The van der Waals surface area contributed by atoms with Gasteiger partial charge in [-0.1, -0.05) is 76.5 Å². The summed E-state index contributed by atoms with van der Waals surface area (Å²) in [7, 11) is -5.19. The number of phosphoric acid groups is 1. The predicted molar refractivity (Wildman–Crippen MR) is 181 cm³/mol. The van der Waals surface area contributed by atoms with Gasteiger partial charge in [-0.25, -0.2) is 4.57 Å². The third-order valence-electron chi connectivity index (χ3n) is 8.18. The fourth-order valence-corrected chi connectivity index (χ4v) is 6.15. The Morgan fingerprint density at radius 3 is 1.86 bits per heavy atom. The molecule has 1 aliphatic carbocycles. The van der Waals surface area contributed by atoms with E-state index < -0.39 is 81.8 Å². The van der Waals surface area contributed by atoms with Crippen molar-refractivity contribution in [1.29, 1.82) is 0 Å². The second kappa shape index (κ2) is 26.7. The van der Waals surface area contributed by atoms with Crippen molar-refractivity contribution in [3.05, 3.63) is 24.3 Å². The van der Waals surface area contributed by atoms with Gasteiger partial charge in [0, 0.05) is 12.8 Å². The molecule has 1 fully saturated rings. The summed E-state index contributed by atoms with van der Waals surface area (Å²) in [6, 6.07) is 0. The highest BCUT2D eigenvalue weighted by Crippen LogP contribution is 2.47. The van der Waals surface area contributed by atoms with Crippen LogP contribution >= 0.6 is 7.82 Å². The van der Waals surface area contributed by atoms with E-state index in [0.717, 1.165) is 50.7 Å². The summed E-state index contributed by atoms with van der Waals surface area (Å²) < 4.78 is 32.7. The van der Waals surface area contributed by atoms with Gasteiger partial charge < -0.3 is 45.0 Å². The van der Waals surface area contributed by atoms with Crippen molar-refractivity contribution in [2.24, 2.45) is 0 Å². The van der Waals surface area contributed by atoms with Crippen molar-refractivity contribution in [3.63, 3.8) is 0 Å². The van der Waals surface area contributed by atoms with Gasteiger partial charge >= 0.3 is 19.8 Å². The van der Waals surface area contributed by atoms with Gasteiger partial charge in [0.25, 0.3) is 0 Å². The highest BCUT2D eigenvalue weighted by molar-refractivity contribution is 7.47. The lowest BCUT2D eigenvalue weighted by Crippen LogP contribution is -2.64. The second-order valence-corrected chi connectivity index (χ2v) is 13.9. The van der Waals surface area contributed by atoms with E-state index in [1.165, 1.54) is 38.5 Å². The number of phosphoric ester groups is 1. The first-order valence-corrected chi connectivity index (χ1v) is 19.2.